The van der Waals surface area contributed by atoms with Crippen LogP contribution in [0.4, 0.5) is 4.79 Å². The number of carbonyl (C=O) groups is 2. The quantitative estimate of drug-likeness (QED) is 0.447. The van der Waals surface area contributed by atoms with Crippen LogP contribution in [-0.2, 0) is 11.3 Å². The van der Waals surface area contributed by atoms with Crippen molar-refractivity contribution in [3.63, 3.8) is 0 Å². The molecule has 30 heavy (non-hydrogen) atoms. The Hall–Kier alpha value is -3.53. The minimum absolute atomic E-state index is 0.0205. The summed E-state index contributed by atoms with van der Waals surface area (Å²) in [6.07, 6.45) is 1.47. The second kappa shape index (κ2) is 8.07. The number of amides is 3. The Kier molecular flexibility index (Phi) is 5.32. The smallest absolute Gasteiger partial charge is 0.329 e. The number of rotatable bonds is 4. The molecular formula is C22H13Cl2N3O3. The molecule has 3 aromatic rings. The van der Waals surface area contributed by atoms with E-state index in [1.165, 1.54) is 6.08 Å². The molecule has 0 saturated carbocycles. The number of halogens is 2. The van der Waals surface area contributed by atoms with Gasteiger partial charge in [-0.25, -0.2) is 4.79 Å². The van der Waals surface area contributed by atoms with Crippen LogP contribution in [0.25, 0.3) is 17.4 Å². The van der Waals surface area contributed by atoms with Gasteiger partial charge in [0.2, 0.25) is 0 Å². The van der Waals surface area contributed by atoms with Gasteiger partial charge in [-0.3, -0.25) is 9.69 Å². The minimum Gasteiger partial charge on any atom is -0.457 e. The predicted molar refractivity (Wildman–Crippen MR) is 112 cm³/mol. The van der Waals surface area contributed by atoms with Crippen molar-refractivity contribution in [3.8, 4) is 17.4 Å². The van der Waals surface area contributed by atoms with E-state index in [2.05, 4.69) is 11.4 Å². The fourth-order valence-corrected chi connectivity index (χ4v) is 3.44. The number of carbonyl (C=O) groups excluding carboxylic acids is 2. The number of nitrogens with zero attached hydrogens (tertiary/aromatic N) is 2. The number of hydrogen-bond acceptors (Lipinski definition) is 4. The molecule has 0 aliphatic carbocycles. The highest BCUT2D eigenvalue weighted by Crippen LogP contribution is 2.26. The molecule has 0 unspecified atom stereocenters. The largest absolute Gasteiger partial charge is 0.457 e. The number of imide groups is 1. The van der Waals surface area contributed by atoms with Crippen LogP contribution in [-0.4, -0.2) is 16.8 Å². The first-order chi connectivity index (χ1) is 14.4. The minimum atomic E-state index is -0.545. The Morgan fingerprint density at radius 2 is 1.83 bits per heavy atom. The molecule has 6 nitrogen and oxygen atoms in total. The zero-order valence-corrected chi connectivity index (χ0v) is 16.9. The maximum atomic E-state index is 12.7. The average molecular weight is 438 g/mol. The van der Waals surface area contributed by atoms with Gasteiger partial charge in [0.15, 0.2) is 0 Å². The van der Waals surface area contributed by atoms with Crippen molar-refractivity contribution in [2.24, 2.45) is 0 Å². The normalized spacial score (nSPS) is 14.8. The van der Waals surface area contributed by atoms with E-state index in [9.17, 15) is 9.59 Å². The van der Waals surface area contributed by atoms with Gasteiger partial charge in [-0.2, -0.15) is 5.26 Å². The molecule has 148 valence electrons. The lowest BCUT2D eigenvalue weighted by Crippen LogP contribution is -2.30. The number of nitrogens with one attached hydrogen (secondary N) is 1. The summed E-state index contributed by atoms with van der Waals surface area (Å²) in [7, 11) is 0. The molecule has 1 fully saturated rings. The van der Waals surface area contributed by atoms with Gasteiger partial charge in [0.25, 0.3) is 5.91 Å². The Labute approximate surface area is 181 Å². The highest BCUT2D eigenvalue weighted by molar-refractivity contribution is 6.35. The van der Waals surface area contributed by atoms with Gasteiger partial charge in [-0.05, 0) is 54.1 Å². The molecule has 0 atom stereocenters. The van der Waals surface area contributed by atoms with Crippen LogP contribution >= 0.6 is 23.2 Å². The predicted octanol–water partition coefficient (Wildman–Crippen LogP) is 5.22. The van der Waals surface area contributed by atoms with Crippen LogP contribution in [0.3, 0.4) is 0 Å². The van der Waals surface area contributed by atoms with Crippen LogP contribution in [0.1, 0.15) is 16.9 Å². The van der Waals surface area contributed by atoms with E-state index >= 15 is 0 Å². The summed E-state index contributed by atoms with van der Waals surface area (Å²) in [4.78, 5) is 26.0. The number of hydrogen-bond donors (Lipinski definition) is 1. The first-order valence-corrected chi connectivity index (χ1v) is 9.59. The van der Waals surface area contributed by atoms with E-state index in [0.717, 1.165) is 10.5 Å². The van der Waals surface area contributed by atoms with Gasteiger partial charge < -0.3 is 9.73 Å². The van der Waals surface area contributed by atoms with Crippen LogP contribution in [0.15, 0.2) is 64.7 Å². The molecule has 4 rings (SSSR count). The third kappa shape index (κ3) is 3.94. The summed E-state index contributed by atoms with van der Waals surface area (Å²) in [5, 5.41) is 12.3. The van der Waals surface area contributed by atoms with Crippen molar-refractivity contribution in [1.29, 1.82) is 5.26 Å². The second-order valence-electron chi connectivity index (χ2n) is 6.51. The molecule has 8 heteroatoms. The summed E-state index contributed by atoms with van der Waals surface area (Å²) < 4.78 is 5.76. The molecule has 2 aromatic carbocycles. The Bertz CT molecular complexity index is 1220. The van der Waals surface area contributed by atoms with Crippen molar-refractivity contribution in [3.05, 3.63) is 87.2 Å². The van der Waals surface area contributed by atoms with Gasteiger partial charge in [0.1, 0.15) is 17.2 Å². The summed E-state index contributed by atoms with van der Waals surface area (Å²) in [5.74, 6) is 0.500. The lowest BCUT2D eigenvalue weighted by Gasteiger charge is -2.13. The Morgan fingerprint density at radius 1 is 1.07 bits per heavy atom. The zero-order chi connectivity index (χ0) is 21.3. The van der Waals surface area contributed by atoms with Crippen LogP contribution in [0, 0.1) is 11.3 Å². The SMILES string of the molecule is N#Cc1ccc(-c2ccc(/C=C3\NC(=O)N(Cc4ccc(Cl)cc4Cl)C3=O)o2)cc1. The molecule has 1 aromatic heterocycles. The van der Waals surface area contributed by atoms with Gasteiger partial charge in [0.05, 0.1) is 18.2 Å². The molecule has 0 radical (unpaired) electrons. The van der Waals surface area contributed by atoms with Crippen molar-refractivity contribution < 1.29 is 14.0 Å². The lowest BCUT2D eigenvalue weighted by molar-refractivity contribution is -0.123. The third-order valence-electron chi connectivity index (χ3n) is 4.52. The van der Waals surface area contributed by atoms with E-state index in [1.54, 1.807) is 54.6 Å². The number of benzene rings is 2. The molecule has 1 saturated heterocycles. The van der Waals surface area contributed by atoms with Crippen molar-refractivity contribution in [2.45, 2.75) is 6.54 Å². The van der Waals surface area contributed by atoms with Crippen LogP contribution < -0.4 is 5.32 Å². The number of urea groups is 1. The van der Waals surface area contributed by atoms with E-state index in [-0.39, 0.29) is 12.2 Å². The molecule has 1 aliphatic heterocycles. The molecule has 1 aliphatic rings. The van der Waals surface area contributed by atoms with Gasteiger partial charge >= 0.3 is 6.03 Å². The number of nitriles is 1. The molecule has 0 spiro atoms. The van der Waals surface area contributed by atoms with Crippen LogP contribution in [0.2, 0.25) is 10.0 Å². The standard InChI is InChI=1S/C22H13Cl2N3O3/c23-16-6-5-15(18(24)9-16)12-27-21(28)19(26-22(27)29)10-17-7-8-20(30-17)14-3-1-13(11-25)2-4-14/h1-10H,12H2,(H,26,29)/b19-10-. The second-order valence-corrected chi connectivity index (χ2v) is 7.35. The van der Waals surface area contributed by atoms with Gasteiger partial charge in [0, 0.05) is 21.7 Å². The van der Waals surface area contributed by atoms with E-state index < -0.39 is 11.9 Å². The third-order valence-corrected chi connectivity index (χ3v) is 5.10. The topological polar surface area (TPSA) is 86.3 Å². The van der Waals surface area contributed by atoms with E-state index in [1.807, 2.05) is 0 Å². The summed E-state index contributed by atoms with van der Waals surface area (Å²) in [6, 6.07) is 16.8. The fourth-order valence-electron chi connectivity index (χ4n) is 2.97. The average Bonchev–Trinajstić information content (AvgIpc) is 3.30. The number of furan rings is 1. The highest BCUT2D eigenvalue weighted by atomic mass is 35.5. The fraction of sp³-hybridized carbons (Fsp3) is 0.0455. The zero-order valence-electron chi connectivity index (χ0n) is 15.4. The van der Waals surface area contributed by atoms with Crippen LogP contribution in [0.5, 0.6) is 0 Å². The monoisotopic (exact) mass is 437 g/mol. The summed E-state index contributed by atoms with van der Waals surface area (Å²) in [5.41, 5.74) is 2.05. The maximum absolute atomic E-state index is 12.7. The summed E-state index contributed by atoms with van der Waals surface area (Å²) in [6.45, 7) is 0.0205. The first kappa shape index (κ1) is 19.8. The first-order valence-electron chi connectivity index (χ1n) is 8.83. The molecular weight excluding hydrogens is 425 g/mol. The van der Waals surface area contributed by atoms with E-state index in [0.29, 0.717) is 32.7 Å². The van der Waals surface area contributed by atoms with Gasteiger partial charge in [-0.1, -0.05) is 29.3 Å². The maximum Gasteiger partial charge on any atom is 0.329 e. The Morgan fingerprint density at radius 3 is 2.53 bits per heavy atom. The van der Waals surface area contributed by atoms with Crippen molar-refractivity contribution in [1.82, 2.24) is 10.2 Å². The van der Waals surface area contributed by atoms with Crippen molar-refractivity contribution in [2.75, 3.05) is 0 Å². The molecule has 2 heterocycles. The lowest BCUT2D eigenvalue weighted by atomic mass is 10.1. The summed E-state index contributed by atoms with van der Waals surface area (Å²) >= 11 is 12.0. The van der Waals surface area contributed by atoms with Gasteiger partial charge in [-0.15, -0.1) is 0 Å². The van der Waals surface area contributed by atoms with E-state index in [4.69, 9.17) is 32.9 Å². The highest BCUT2D eigenvalue weighted by Gasteiger charge is 2.34. The Balaban J connectivity index is 1.53. The molecule has 3 amide bonds. The molecule has 0 bridgehead atoms. The molecule has 1 N–H and O–H groups in total. The van der Waals surface area contributed by atoms with Crippen molar-refractivity contribution >= 4 is 41.2 Å².